The maximum Gasteiger partial charge on any atom is 0.191 e. The molecular formula is C20H36N4. The third-order valence-electron chi connectivity index (χ3n) is 4.56. The lowest BCUT2D eigenvalue weighted by atomic mass is 10.1. The van der Waals surface area contributed by atoms with Crippen LogP contribution in [0.4, 0.5) is 0 Å². The molecule has 0 amide bonds. The summed E-state index contributed by atoms with van der Waals surface area (Å²) >= 11 is 0. The molecule has 0 saturated carbocycles. The van der Waals surface area contributed by atoms with Crippen molar-refractivity contribution >= 4 is 5.96 Å². The number of rotatable bonds is 9. The van der Waals surface area contributed by atoms with Crippen LogP contribution >= 0.6 is 0 Å². The molecule has 0 radical (unpaired) electrons. The highest BCUT2D eigenvalue weighted by Crippen LogP contribution is 2.10. The Labute approximate surface area is 148 Å². The van der Waals surface area contributed by atoms with Gasteiger partial charge < -0.3 is 15.5 Å². The minimum Gasteiger partial charge on any atom is -0.354 e. The highest BCUT2D eigenvalue weighted by Gasteiger charge is 2.07. The van der Waals surface area contributed by atoms with E-state index in [4.69, 9.17) is 0 Å². The number of nitrogens with one attached hydrogen (secondary N) is 2. The normalized spacial score (nSPS) is 13.2. The first-order valence-corrected chi connectivity index (χ1v) is 9.25. The van der Waals surface area contributed by atoms with Gasteiger partial charge in [-0.25, -0.2) is 0 Å². The number of guanidine groups is 1. The van der Waals surface area contributed by atoms with Gasteiger partial charge in [0.05, 0.1) is 0 Å². The van der Waals surface area contributed by atoms with Crippen molar-refractivity contribution < 1.29 is 0 Å². The van der Waals surface area contributed by atoms with E-state index in [1.54, 1.807) is 0 Å². The molecule has 2 N–H and O–H groups in total. The van der Waals surface area contributed by atoms with Crippen LogP contribution in [0.3, 0.4) is 0 Å². The molecule has 1 aromatic carbocycles. The summed E-state index contributed by atoms with van der Waals surface area (Å²) in [7, 11) is 1.83. The lowest BCUT2D eigenvalue weighted by molar-refractivity contribution is 0.292. The summed E-state index contributed by atoms with van der Waals surface area (Å²) < 4.78 is 0. The van der Waals surface area contributed by atoms with E-state index in [-0.39, 0.29) is 0 Å². The number of hydrogen-bond donors (Lipinski definition) is 2. The third-order valence-corrected chi connectivity index (χ3v) is 4.56. The van der Waals surface area contributed by atoms with E-state index >= 15 is 0 Å². The standard InChI is InChI=1S/C20H36N4/c1-7-24(8-2)13-9-10-18(5)23-20(21-6)22-15-19-12-11-16(3)14-17(19)4/h11-12,14,18H,7-10,13,15H2,1-6H3,(H2,21,22,23). The van der Waals surface area contributed by atoms with E-state index in [0.29, 0.717) is 6.04 Å². The van der Waals surface area contributed by atoms with E-state index in [1.165, 1.54) is 29.7 Å². The van der Waals surface area contributed by atoms with Crippen molar-refractivity contribution in [2.75, 3.05) is 26.7 Å². The van der Waals surface area contributed by atoms with Gasteiger partial charge in [-0.15, -0.1) is 0 Å². The molecule has 0 saturated heterocycles. The molecule has 0 aliphatic heterocycles. The first kappa shape index (κ1) is 20.5. The predicted molar refractivity (Wildman–Crippen MR) is 106 cm³/mol. The molecule has 136 valence electrons. The molecule has 1 rings (SSSR count). The first-order chi connectivity index (χ1) is 11.5. The van der Waals surface area contributed by atoms with Crippen molar-refractivity contribution in [3.05, 3.63) is 34.9 Å². The molecule has 0 spiro atoms. The van der Waals surface area contributed by atoms with Gasteiger partial charge in [0.1, 0.15) is 0 Å². The zero-order valence-corrected chi connectivity index (χ0v) is 16.4. The fourth-order valence-corrected chi connectivity index (χ4v) is 2.88. The van der Waals surface area contributed by atoms with Gasteiger partial charge in [0.25, 0.3) is 0 Å². The van der Waals surface area contributed by atoms with Crippen LogP contribution in [-0.4, -0.2) is 43.6 Å². The van der Waals surface area contributed by atoms with Gasteiger partial charge >= 0.3 is 0 Å². The SMILES string of the molecule is CCN(CC)CCCC(C)NC(=NC)NCc1ccc(C)cc1C. The Morgan fingerprint density at radius 3 is 2.50 bits per heavy atom. The van der Waals surface area contributed by atoms with Crippen LogP contribution in [0.25, 0.3) is 0 Å². The summed E-state index contributed by atoms with van der Waals surface area (Å²) in [6.45, 7) is 15.2. The minimum atomic E-state index is 0.422. The van der Waals surface area contributed by atoms with Crippen molar-refractivity contribution in [3.63, 3.8) is 0 Å². The highest BCUT2D eigenvalue weighted by atomic mass is 15.2. The second kappa shape index (κ2) is 11.1. The summed E-state index contributed by atoms with van der Waals surface area (Å²) in [4.78, 5) is 6.82. The van der Waals surface area contributed by atoms with E-state index in [0.717, 1.165) is 32.0 Å². The number of aliphatic imine (C=N–C) groups is 1. The van der Waals surface area contributed by atoms with E-state index in [2.05, 4.69) is 73.3 Å². The van der Waals surface area contributed by atoms with Crippen LogP contribution in [0.1, 0.15) is 50.3 Å². The van der Waals surface area contributed by atoms with Gasteiger partial charge in [0.2, 0.25) is 0 Å². The third kappa shape index (κ3) is 7.35. The predicted octanol–water partition coefficient (Wildman–Crippen LogP) is 3.48. The Morgan fingerprint density at radius 2 is 1.92 bits per heavy atom. The van der Waals surface area contributed by atoms with E-state index in [9.17, 15) is 0 Å². The molecule has 4 nitrogen and oxygen atoms in total. The summed E-state index contributed by atoms with van der Waals surface area (Å²) in [5.74, 6) is 0.880. The van der Waals surface area contributed by atoms with Crippen LogP contribution in [0.5, 0.6) is 0 Å². The molecule has 0 fully saturated rings. The van der Waals surface area contributed by atoms with Gasteiger partial charge in [0.15, 0.2) is 5.96 Å². The van der Waals surface area contributed by atoms with Crippen molar-refractivity contribution in [2.45, 2.75) is 60.0 Å². The molecule has 1 unspecified atom stereocenters. The Balaban J connectivity index is 2.38. The fourth-order valence-electron chi connectivity index (χ4n) is 2.88. The topological polar surface area (TPSA) is 39.7 Å². The van der Waals surface area contributed by atoms with Crippen molar-refractivity contribution in [1.29, 1.82) is 0 Å². The second-order valence-corrected chi connectivity index (χ2v) is 6.57. The molecular weight excluding hydrogens is 296 g/mol. The average Bonchev–Trinajstić information content (AvgIpc) is 2.56. The molecule has 24 heavy (non-hydrogen) atoms. The van der Waals surface area contributed by atoms with Crippen molar-refractivity contribution in [2.24, 2.45) is 4.99 Å². The zero-order chi connectivity index (χ0) is 17.9. The lowest BCUT2D eigenvalue weighted by Crippen LogP contribution is -2.42. The Morgan fingerprint density at radius 1 is 1.21 bits per heavy atom. The molecule has 0 aliphatic carbocycles. The Kier molecular flexibility index (Phi) is 9.46. The summed E-state index contributed by atoms with van der Waals surface area (Å²) in [5, 5.41) is 6.92. The zero-order valence-electron chi connectivity index (χ0n) is 16.4. The maximum atomic E-state index is 4.35. The molecule has 4 heteroatoms. The number of hydrogen-bond acceptors (Lipinski definition) is 2. The Hall–Kier alpha value is -1.55. The monoisotopic (exact) mass is 332 g/mol. The first-order valence-electron chi connectivity index (χ1n) is 9.25. The van der Waals surface area contributed by atoms with Gasteiger partial charge in [-0.2, -0.15) is 0 Å². The molecule has 0 bridgehead atoms. The second-order valence-electron chi connectivity index (χ2n) is 6.57. The van der Waals surface area contributed by atoms with Crippen LogP contribution in [0.2, 0.25) is 0 Å². The summed E-state index contributed by atoms with van der Waals surface area (Å²) in [6, 6.07) is 7.00. The lowest BCUT2D eigenvalue weighted by Gasteiger charge is -2.21. The molecule has 1 aromatic rings. The molecule has 0 aromatic heterocycles. The van der Waals surface area contributed by atoms with Crippen LogP contribution in [0, 0.1) is 13.8 Å². The van der Waals surface area contributed by atoms with Crippen LogP contribution < -0.4 is 10.6 Å². The molecule has 1 atom stereocenters. The fraction of sp³-hybridized carbons (Fsp3) is 0.650. The quantitative estimate of drug-likeness (QED) is 0.537. The minimum absolute atomic E-state index is 0.422. The van der Waals surface area contributed by atoms with Crippen LogP contribution in [0.15, 0.2) is 23.2 Å². The number of aryl methyl sites for hydroxylation is 2. The molecule has 0 heterocycles. The van der Waals surface area contributed by atoms with Crippen LogP contribution in [-0.2, 0) is 6.54 Å². The maximum absolute atomic E-state index is 4.35. The van der Waals surface area contributed by atoms with Gasteiger partial charge in [-0.1, -0.05) is 37.6 Å². The van der Waals surface area contributed by atoms with E-state index in [1.807, 2.05) is 7.05 Å². The van der Waals surface area contributed by atoms with Gasteiger partial charge in [-0.05, 0) is 64.4 Å². The van der Waals surface area contributed by atoms with Crippen molar-refractivity contribution in [1.82, 2.24) is 15.5 Å². The summed E-state index contributed by atoms with van der Waals surface area (Å²) in [6.07, 6.45) is 2.37. The van der Waals surface area contributed by atoms with Gasteiger partial charge in [-0.3, -0.25) is 4.99 Å². The average molecular weight is 333 g/mol. The van der Waals surface area contributed by atoms with Gasteiger partial charge in [0, 0.05) is 19.6 Å². The van der Waals surface area contributed by atoms with E-state index < -0.39 is 0 Å². The smallest absolute Gasteiger partial charge is 0.191 e. The Bertz CT molecular complexity index is 506. The number of nitrogens with zero attached hydrogens (tertiary/aromatic N) is 2. The number of benzene rings is 1. The van der Waals surface area contributed by atoms with Crippen molar-refractivity contribution in [3.8, 4) is 0 Å². The largest absolute Gasteiger partial charge is 0.354 e. The summed E-state index contributed by atoms with van der Waals surface area (Å²) in [5.41, 5.74) is 3.95. The highest BCUT2D eigenvalue weighted by molar-refractivity contribution is 5.79. The molecule has 0 aliphatic rings.